The minimum absolute atomic E-state index is 0. The van der Waals surface area contributed by atoms with Crippen molar-refractivity contribution in [1.82, 2.24) is 15.1 Å². The van der Waals surface area contributed by atoms with Crippen molar-refractivity contribution < 1.29 is 4.79 Å². The van der Waals surface area contributed by atoms with Crippen molar-refractivity contribution in [2.45, 2.75) is 44.2 Å². The van der Waals surface area contributed by atoms with Crippen LogP contribution in [0.2, 0.25) is 0 Å². The van der Waals surface area contributed by atoms with Gasteiger partial charge in [-0.1, -0.05) is 0 Å². The maximum Gasteiger partial charge on any atom is 0.227 e. The molecular weight excluding hydrogens is 311 g/mol. The minimum Gasteiger partial charge on any atom is -0.313 e. The lowest BCUT2D eigenvalue weighted by atomic mass is 9.89. The zero-order valence-corrected chi connectivity index (χ0v) is 14.1. The molecule has 2 fully saturated rings. The summed E-state index contributed by atoms with van der Waals surface area (Å²) in [5.41, 5.74) is 0.879. The molecule has 1 N–H and O–H groups in total. The van der Waals surface area contributed by atoms with E-state index in [1.54, 1.807) is 15.8 Å². The number of fused-ring (bicyclic) bond motifs is 2. The van der Waals surface area contributed by atoms with Gasteiger partial charge in [0.05, 0.1) is 11.9 Å². The highest BCUT2D eigenvalue weighted by molar-refractivity contribution is 5.92. The predicted octanol–water partition coefficient (Wildman–Crippen LogP) is 2.15. The first kappa shape index (κ1) is 18.3. The largest absolute Gasteiger partial charge is 0.313 e. The fraction of sp³-hybridized carbons (Fsp3) is 0.714. The second kappa shape index (κ2) is 7.47. The lowest BCUT2D eigenvalue weighted by molar-refractivity contribution is -0.119. The molecule has 2 saturated heterocycles. The molecule has 0 aliphatic carbocycles. The molecule has 3 heterocycles. The average Bonchev–Trinajstić information content (AvgIpc) is 2.95. The molecule has 0 radical (unpaired) electrons. The number of anilines is 1. The number of aromatic nitrogens is 2. The molecule has 120 valence electrons. The van der Waals surface area contributed by atoms with Gasteiger partial charge in [-0.15, -0.1) is 24.8 Å². The number of amides is 1. The van der Waals surface area contributed by atoms with Gasteiger partial charge in [-0.3, -0.25) is 9.48 Å². The Morgan fingerprint density at radius 3 is 2.52 bits per heavy atom. The second-order valence-corrected chi connectivity index (χ2v) is 6.00. The van der Waals surface area contributed by atoms with Crippen molar-refractivity contribution in [3.8, 4) is 0 Å². The van der Waals surface area contributed by atoms with Gasteiger partial charge < -0.3 is 10.2 Å². The smallest absolute Gasteiger partial charge is 0.227 e. The number of hydrogen-bond donors (Lipinski definition) is 1. The maximum atomic E-state index is 12.3. The Balaban J connectivity index is 0.00000110. The summed E-state index contributed by atoms with van der Waals surface area (Å²) in [5, 5.41) is 7.73. The van der Waals surface area contributed by atoms with E-state index in [0.29, 0.717) is 24.4 Å². The molecule has 2 aliphatic heterocycles. The Labute approximate surface area is 138 Å². The summed E-state index contributed by atoms with van der Waals surface area (Å²) in [6, 6.07) is 1.31. The van der Waals surface area contributed by atoms with Crippen LogP contribution < -0.4 is 10.2 Å². The first-order valence-corrected chi connectivity index (χ1v) is 7.13. The minimum atomic E-state index is 0. The predicted molar refractivity (Wildman–Crippen MR) is 88.4 cm³/mol. The van der Waals surface area contributed by atoms with E-state index in [4.69, 9.17) is 0 Å². The number of hydrogen-bond acceptors (Lipinski definition) is 3. The van der Waals surface area contributed by atoms with Crippen LogP contribution in [0.25, 0.3) is 0 Å². The average molecular weight is 335 g/mol. The fourth-order valence-corrected chi connectivity index (χ4v) is 3.45. The molecule has 0 aromatic carbocycles. The van der Waals surface area contributed by atoms with E-state index in [9.17, 15) is 4.79 Å². The van der Waals surface area contributed by atoms with Crippen molar-refractivity contribution >= 4 is 36.4 Å². The summed E-state index contributed by atoms with van der Waals surface area (Å²) in [6.45, 7) is 0. The number of halogens is 2. The van der Waals surface area contributed by atoms with E-state index < -0.39 is 0 Å². The van der Waals surface area contributed by atoms with Crippen LogP contribution in [0.4, 0.5) is 5.69 Å². The van der Waals surface area contributed by atoms with Gasteiger partial charge in [-0.2, -0.15) is 5.10 Å². The summed E-state index contributed by atoms with van der Waals surface area (Å²) in [6.07, 6.45) is 9.17. The standard InChI is InChI=1S/C14H22N4O.2ClH/c1-17-9-13(8-15-17)18(2)14(19)7-10-5-11-3-4-12(6-10)16-11;;/h8-12,16H,3-7H2,1-2H3;2*1H. The molecule has 2 aliphatic rings. The lowest BCUT2D eigenvalue weighted by Gasteiger charge is -2.29. The summed E-state index contributed by atoms with van der Waals surface area (Å²) in [7, 11) is 3.71. The molecule has 21 heavy (non-hydrogen) atoms. The van der Waals surface area contributed by atoms with Crippen LogP contribution in [0, 0.1) is 5.92 Å². The lowest BCUT2D eigenvalue weighted by Crippen LogP contribution is -2.40. The molecule has 7 heteroatoms. The fourth-order valence-electron chi connectivity index (χ4n) is 3.45. The Bertz CT molecular complexity index is 467. The third-order valence-corrected chi connectivity index (χ3v) is 4.49. The molecule has 1 amide bonds. The first-order valence-electron chi connectivity index (χ1n) is 7.13. The van der Waals surface area contributed by atoms with Gasteiger partial charge >= 0.3 is 0 Å². The van der Waals surface area contributed by atoms with Crippen LogP contribution in [0.5, 0.6) is 0 Å². The van der Waals surface area contributed by atoms with Gasteiger partial charge in [0.1, 0.15) is 0 Å². The molecule has 2 atom stereocenters. The molecule has 0 spiro atoms. The zero-order valence-electron chi connectivity index (χ0n) is 12.5. The number of rotatable bonds is 3. The third-order valence-electron chi connectivity index (χ3n) is 4.49. The van der Waals surface area contributed by atoms with Gasteiger partial charge in [0.15, 0.2) is 0 Å². The van der Waals surface area contributed by atoms with E-state index in [-0.39, 0.29) is 30.7 Å². The van der Waals surface area contributed by atoms with Crippen LogP contribution in [0.3, 0.4) is 0 Å². The molecule has 2 bridgehead atoms. The summed E-state index contributed by atoms with van der Waals surface area (Å²) >= 11 is 0. The van der Waals surface area contributed by atoms with Crippen molar-refractivity contribution in [3.63, 3.8) is 0 Å². The van der Waals surface area contributed by atoms with Crippen molar-refractivity contribution in [3.05, 3.63) is 12.4 Å². The highest BCUT2D eigenvalue weighted by Gasteiger charge is 2.34. The third kappa shape index (κ3) is 4.11. The number of carbonyl (C=O) groups excluding carboxylic acids is 1. The molecule has 2 unspecified atom stereocenters. The number of nitrogens with zero attached hydrogens (tertiary/aromatic N) is 3. The number of nitrogens with one attached hydrogen (secondary N) is 1. The summed E-state index contributed by atoms with van der Waals surface area (Å²) in [5.74, 6) is 0.754. The molecule has 5 nitrogen and oxygen atoms in total. The van der Waals surface area contributed by atoms with Crippen LogP contribution in [-0.2, 0) is 11.8 Å². The second-order valence-electron chi connectivity index (χ2n) is 6.00. The van der Waals surface area contributed by atoms with Crippen LogP contribution in [-0.4, -0.2) is 34.8 Å². The molecule has 3 rings (SSSR count). The SMILES string of the molecule is CN(C(=O)CC1CC2CCC(C1)N2)c1cnn(C)c1.Cl.Cl. The maximum absolute atomic E-state index is 12.3. The first-order chi connectivity index (χ1) is 9.11. The van der Waals surface area contributed by atoms with Crippen LogP contribution in [0.15, 0.2) is 12.4 Å². The monoisotopic (exact) mass is 334 g/mol. The number of piperidine rings is 1. The van der Waals surface area contributed by atoms with E-state index >= 15 is 0 Å². The Kier molecular flexibility index (Phi) is 6.50. The van der Waals surface area contributed by atoms with Crippen LogP contribution in [0.1, 0.15) is 32.1 Å². The Hall–Kier alpha value is -0.780. The van der Waals surface area contributed by atoms with Gasteiger partial charge in [0.2, 0.25) is 5.91 Å². The van der Waals surface area contributed by atoms with Gasteiger partial charge in [0.25, 0.3) is 0 Å². The number of carbonyl (C=O) groups is 1. The van der Waals surface area contributed by atoms with Gasteiger partial charge in [-0.25, -0.2) is 0 Å². The molecule has 0 saturated carbocycles. The van der Waals surface area contributed by atoms with Gasteiger partial charge in [-0.05, 0) is 31.6 Å². The van der Waals surface area contributed by atoms with Crippen LogP contribution >= 0.6 is 24.8 Å². The quantitative estimate of drug-likeness (QED) is 0.921. The summed E-state index contributed by atoms with van der Waals surface area (Å²) in [4.78, 5) is 14.1. The Morgan fingerprint density at radius 2 is 2.00 bits per heavy atom. The van der Waals surface area contributed by atoms with Crippen molar-refractivity contribution in [1.29, 1.82) is 0 Å². The highest BCUT2D eigenvalue weighted by atomic mass is 35.5. The Morgan fingerprint density at radius 1 is 1.38 bits per heavy atom. The normalized spacial score (nSPS) is 26.7. The molecule has 1 aromatic heterocycles. The zero-order chi connectivity index (χ0) is 13.4. The van der Waals surface area contributed by atoms with E-state index in [1.807, 2.05) is 20.3 Å². The summed E-state index contributed by atoms with van der Waals surface area (Å²) < 4.78 is 1.73. The van der Waals surface area contributed by atoms with E-state index in [1.165, 1.54) is 12.8 Å². The van der Waals surface area contributed by atoms with Crippen molar-refractivity contribution in [2.75, 3.05) is 11.9 Å². The topological polar surface area (TPSA) is 50.2 Å². The van der Waals surface area contributed by atoms with E-state index in [2.05, 4.69) is 10.4 Å². The highest BCUT2D eigenvalue weighted by Crippen LogP contribution is 2.33. The molecule has 1 aromatic rings. The van der Waals surface area contributed by atoms with Gasteiger partial charge in [0, 0.05) is 38.8 Å². The molecular formula is C14H24Cl2N4O. The van der Waals surface area contributed by atoms with Crippen molar-refractivity contribution in [2.24, 2.45) is 13.0 Å². The van der Waals surface area contributed by atoms with E-state index in [0.717, 1.165) is 18.5 Å². The number of aryl methyl sites for hydroxylation is 1.